The Morgan fingerprint density at radius 1 is 1.35 bits per heavy atom. The van der Waals surface area contributed by atoms with Crippen LogP contribution in [0.2, 0.25) is 0 Å². The summed E-state index contributed by atoms with van der Waals surface area (Å²) in [5, 5.41) is 6.84. The van der Waals surface area contributed by atoms with Crippen molar-refractivity contribution in [3.8, 4) is 0 Å². The molecule has 1 aliphatic rings. The lowest BCUT2D eigenvalue weighted by Crippen LogP contribution is -2.30. The zero-order chi connectivity index (χ0) is 16.2. The van der Waals surface area contributed by atoms with Crippen LogP contribution < -0.4 is 10.2 Å². The van der Waals surface area contributed by atoms with Crippen molar-refractivity contribution in [2.24, 2.45) is 0 Å². The van der Waals surface area contributed by atoms with E-state index in [1.807, 2.05) is 24.3 Å². The monoisotopic (exact) mass is 313 g/mol. The molecule has 2 amide bonds. The zero-order valence-corrected chi connectivity index (χ0v) is 13.0. The van der Waals surface area contributed by atoms with Crippen LogP contribution in [0.1, 0.15) is 31.4 Å². The Morgan fingerprint density at radius 2 is 2.13 bits per heavy atom. The molecule has 0 radical (unpaired) electrons. The second-order valence-corrected chi connectivity index (χ2v) is 5.58. The first kappa shape index (κ1) is 15.2. The van der Waals surface area contributed by atoms with Crippen LogP contribution in [-0.4, -0.2) is 33.1 Å². The minimum Gasteiger partial charge on any atom is -0.350 e. The van der Waals surface area contributed by atoms with Gasteiger partial charge in [-0.05, 0) is 31.0 Å². The Kier molecular flexibility index (Phi) is 4.36. The Morgan fingerprint density at radius 3 is 2.74 bits per heavy atom. The maximum absolute atomic E-state index is 12.1. The highest BCUT2D eigenvalue weighted by molar-refractivity contribution is 5.95. The van der Waals surface area contributed by atoms with E-state index in [0.717, 1.165) is 24.2 Å². The van der Waals surface area contributed by atoms with Gasteiger partial charge in [0.25, 0.3) is 0 Å². The van der Waals surface area contributed by atoms with Gasteiger partial charge >= 0.3 is 0 Å². The number of carbonyl (C=O) groups excluding carboxylic acids is 2. The molecule has 0 spiro atoms. The van der Waals surface area contributed by atoms with Gasteiger partial charge in [-0.2, -0.15) is 5.10 Å². The summed E-state index contributed by atoms with van der Waals surface area (Å²) < 4.78 is 1.51. The van der Waals surface area contributed by atoms with Gasteiger partial charge in [0.2, 0.25) is 11.8 Å². The largest absolute Gasteiger partial charge is 0.350 e. The van der Waals surface area contributed by atoms with Crippen LogP contribution in [0.5, 0.6) is 0 Å². The van der Waals surface area contributed by atoms with E-state index in [0.29, 0.717) is 13.0 Å². The van der Waals surface area contributed by atoms with E-state index in [1.165, 1.54) is 17.3 Å². The van der Waals surface area contributed by atoms with E-state index < -0.39 is 6.04 Å². The standard InChI is InChI=1S/C16H19N5O2/c1-12(21-11-17-10-19-21)16(23)18-9-13-4-6-14(7-5-13)20-8-2-3-15(20)22/h4-7,10-12H,2-3,8-9H2,1H3,(H,18,23)/t12-/m0/s1. The highest BCUT2D eigenvalue weighted by Crippen LogP contribution is 2.21. The van der Waals surface area contributed by atoms with Crippen LogP contribution in [0.15, 0.2) is 36.9 Å². The maximum Gasteiger partial charge on any atom is 0.244 e. The van der Waals surface area contributed by atoms with Crippen molar-refractivity contribution in [2.45, 2.75) is 32.4 Å². The second-order valence-electron chi connectivity index (χ2n) is 5.58. The third-order valence-corrected chi connectivity index (χ3v) is 4.00. The topological polar surface area (TPSA) is 80.1 Å². The Hall–Kier alpha value is -2.70. The van der Waals surface area contributed by atoms with E-state index >= 15 is 0 Å². The fourth-order valence-electron chi connectivity index (χ4n) is 2.59. The molecule has 0 bridgehead atoms. The molecule has 0 saturated carbocycles. The highest BCUT2D eigenvalue weighted by Gasteiger charge is 2.21. The Balaban J connectivity index is 1.56. The summed E-state index contributed by atoms with van der Waals surface area (Å²) in [4.78, 5) is 29.4. The van der Waals surface area contributed by atoms with Crippen LogP contribution in [0.25, 0.3) is 0 Å². The van der Waals surface area contributed by atoms with Crippen molar-refractivity contribution in [1.29, 1.82) is 0 Å². The smallest absolute Gasteiger partial charge is 0.244 e. The molecular formula is C16H19N5O2. The Labute approximate surface area is 134 Å². The van der Waals surface area contributed by atoms with Crippen LogP contribution in [0, 0.1) is 0 Å². The van der Waals surface area contributed by atoms with Crippen molar-refractivity contribution in [3.63, 3.8) is 0 Å². The highest BCUT2D eigenvalue weighted by atomic mass is 16.2. The number of aromatic nitrogens is 3. The summed E-state index contributed by atoms with van der Waals surface area (Å²) in [6, 6.07) is 7.30. The summed E-state index contributed by atoms with van der Waals surface area (Å²) in [7, 11) is 0. The fraction of sp³-hybridized carbons (Fsp3) is 0.375. The molecule has 1 saturated heterocycles. The van der Waals surface area contributed by atoms with Gasteiger partial charge in [-0.1, -0.05) is 12.1 Å². The lowest BCUT2D eigenvalue weighted by atomic mass is 10.2. The summed E-state index contributed by atoms with van der Waals surface area (Å²) in [6.45, 7) is 2.99. The van der Waals surface area contributed by atoms with E-state index in [1.54, 1.807) is 11.8 Å². The molecule has 23 heavy (non-hydrogen) atoms. The van der Waals surface area contributed by atoms with E-state index in [-0.39, 0.29) is 11.8 Å². The van der Waals surface area contributed by atoms with Crippen LogP contribution in [-0.2, 0) is 16.1 Å². The van der Waals surface area contributed by atoms with Gasteiger partial charge in [0.05, 0.1) is 0 Å². The number of nitrogens with zero attached hydrogens (tertiary/aromatic N) is 4. The summed E-state index contributed by atoms with van der Waals surface area (Å²) >= 11 is 0. The van der Waals surface area contributed by atoms with Gasteiger partial charge in [-0.3, -0.25) is 9.59 Å². The number of hydrogen-bond donors (Lipinski definition) is 1. The molecule has 0 aliphatic carbocycles. The van der Waals surface area contributed by atoms with Gasteiger partial charge in [-0.25, -0.2) is 9.67 Å². The van der Waals surface area contributed by atoms with Gasteiger partial charge in [0.15, 0.2) is 0 Å². The van der Waals surface area contributed by atoms with Crippen molar-refractivity contribution in [3.05, 3.63) is 42.5 Å². The van der Waals surface area contributed by atoms with Gasteiger partial charge in [0, 0.05) is 25.2 Å². The molecule has 7 heteroatoms. The molecule has 3 rings (SSSR count). The number of rotatable bonds is 5. The second kappa shape index (κ2) is 6.60. The lowest BCUT2D eigenvalue weighted by Gasteiger charge is -2.16. The average Bonchev–Trinajstić information content (AvgIpc) is 3.24. The normalized spacial score (nSPS) is 15.7. The molecule has 2 aromatic rings. The molecule has 1 aromatic carbocycles. The number of carbonyl (C=O) groups is 2. The Bertz CT molecular complexity index is 681. The van der Waals surface area contributed by atoms with Gasteiger partial charge in [-0.15, -0.1) is 0 Å². The SMILES string of the molecule is C[C@@H](C(=O)NCc1ccc(N2CCCC2=O)cc1)n1cncn1. The molecule has 1 fully saturated rings. The number of benzene rings is 1. The van der Waals surface area contributed by atoms with Crippen LogP contribution in [0.3, 0.4) is 0 Å². The molecule has 7 nitrogen and oxygen atoms in total. The number of hydrogen-bond acceptors (Lipinski definition) is 4. The number of amides is 2. The molecule has 1 atom stereocenters. The zero-order valence-electron chi connectivity index (χ0n) is 13.0. The molecule has 120 valence electrons. The van der Waals surface area contributed by atoms with Crippen molar-refractivity contribution < 1.29 is 9.59 Å². The predicted molar refractivity (Wildman–Crippen MR) is 84.6 cm³/mol. The third kappa shape index (κ3) is 3.39. The molecule has 2 heterocycles. The average molecular weight is 313 g/mol. The van der Waals surface area contributed by atoms with Crippen molar-refractivity contribution >= 4 is 17.5 Å². The van der Waals surface area contributed by atoms with Gasteiger partial charge in [0.1, 0.15) is 18.7 Å². The predicted octanol–water partition coefficient (Wildman–Crippen LogP) is 1.28. The minimum atomic E-state index is -0.404. The van der Waals surface area contributed by atoms with Crippen LogP contribution in [0.4, 0.5) is 5.69 Å². The summed E-state index contributed by atoms with van der Waals surface area (Å²) in [5.74, 6) is 0.0574. The summed E-state index contributed by atoms with van der Waals surface area (Å²) in [5.41, 5.74) is 1.90. The first-order valence-corrected chi connectivity index (χ1v) is 7.66. The lowest BCUT2D eigenvalue weighted by molar-refractivity contribution is -0.124. The molecule has 1 aromatic heterocycles. The quantitative estimate of drug-likeness (QED) is 0.902. The first-order valence-electron chi connectivity index (χ1n) is 7.66. The number of anilines is 1. The molecular weight excluding hydrogens is 294 g/mol. The van der Waals surface area contributed by atoms with E-state index in [2.05, 4.69) is 15.4 Å². The molecule has 0 unspecified atom stereocenters. The first-order chi connectivity index (χ1) is 11.1. The van der Waals surface area contributed by atoms with Crippen molar-refractivity contribution in [2.75, 3.05) is 11.4 Å². The minimum absolute atomic E-state index is 0.116. The van der Waals surface area contributed by atoms with E-state index in [9.17, 15) is 9.59 Å². The van der Waals surface area contributed by atoms with Crippen LogP contribution >= 0.6 is 0 Å². The summed E-state index contributed by atoms with van der Waals surface area (Å²) in [6.07, 6.45) is 4.46. The van der Waals surface area contributed by atoms with E-state index in [4.69, 9.17) is 0 Å². The maximum atomic E-state index is 12.1. The molecule has 1 aliphatic heterocycles. The number of nitrogens with one attached hydrogen (secondary N) is 1. The fourth-order valence-corrected chi connectivity index (χ4v) is 2.59. The molecule has 1 N–H and O–H groups in total. The van der Waals surface area contributed by atoms with Crippen molar-refractivity contribution in [1.82, 2.24) is 20.1 Å². The van der Waals surface area contributed by atoms with Gasteiger partial charge < -0.3 is 10.2 Å². The third-order valence-electron chi connectivity index (χ3n) is 4.00.